The lowest BCUT2D eigenvalue weighted by molar-refractivity contribution is -0.120. The summed E-state index contributed by atoms with van der Waals surface area (Å²) in [6.07, 6.45) is 5.08. The monoisotopic (exact) mass is 248 g/mol. The highest BCUT2D eigenvalue weighted by Crippen LogP contribution is 2.27. The van der Waals surface area contributed by atoms with E-state index >= 15 is 0 Å². The van der Waals surface area contributed by atoms with Crippen LogP contribution >= 0.6 is 11.8 Å². The molecule has 0 aromatic heterocycles. The Balaban J connectivity index is 2.65. The zero-order valence-corrected chi connectivity index (χ0v) is 10.8. The van der Waals surface area contributed by atoms with Gasteiger partial charge in [0, 0.05) is 10.6 Å². The second-order valence-corrected chi connectivity index (χ2v) is 5.09. The number of aryl methyl sites for hydroxylation is 1. The van der Waals surface area contributed by atoms with Crippen LogP contribution in [0.25, 0.3) is 0 Å². The molecule has 0 fully saturated rings. The largest absolute Gasteiger partial charge is 0.399 e. The number of carbonyl (C=O) groups is 1. The van der Waals surface area contributed by atoms with Gasteiger partial charge < -0.3 is 11.1 Å². The third-order valence-electron chi connectivity index (χ3n) is 2.24. The Morgan fingerprint density at radius 3 is 2.94 bits per heavy atom. The summed E-state index contributed by atoms with van der Waals surface area (Å²) in [6.45, 7) is 4.10. The van der Waals surface area contributed by atoms with Crippen LogP contribution in [0.1, 0.15) is 12.5 Å². The molecule has 0 spiro atoms. The van der Waals surface area contributed by atoms with E-state index in [0.29, 0.717) is 0 Å². The lowest BCUT2D eigenvalue weighted by atomic mass is 10.2. The number of hydrogen-bond acceptors (Lipinski definition) is 3. The number of rotatable bonds is 4. The van der Waals surface area contributed by atoms with Gasteiger partial charge in [0.1, 0.15) is 0 Å². The first-order chi connectivity index (χ1) is 8.04. The van der Waals surface area contributed by atoms with Crippen LogP contribution in [0, 0.1) is 19.3 Å². The molecule has 1 aromatic carbocycles. The Morgan fingerprint density at radius 2 is 2.35 bits per heavy atom. The Hall–Kier alpha value is -1.60. The van der Waals surface area contributed by atoms with E-state index in [2.05, 4.69) is 11.2 Å². The van der Waals surface area contributed by atoms with Crippen LogP contribution in [0.2, 0.25) is 0 Å². The van der Waals surface area contributed by atoms with E-state index in [1.165, 1.54) is 11.8 Å². The Morgan fingerprint density at radius 1 is 1.65 bits per heavy atom. The molecule has 3 nitrogen and oxygen atoms in total. The van der Waals surface area contributed by atoms with Gasteiger partial charge in [-0.25, -0.2) is 0 Å². The van der Waals surface area contributed by atoms with Crippen LogP contribution in [-0.4, -0.2) is 17.7 Å². The van der Waals surface area contributed by atoms with Crippen molar-refractivity contribution in [1.29, 1.82) is 0 Å². The van der Waals surface area contributed by atoms with Crippen molar-refractivity contribution < 1.29 is 4.79 Å². The van der Waals surface area contributed by atoms with E-state index in [1.54, 1.807) is 0 Å². The molecule has 0 radical (unpaired) electrons. The number of carbonyl (C=O) groups excluding carboxylic acids is 1. The highest BCUT2D eigenvalue weighted by atomic mass is 32.2. The van der Waals surface area contributed by atoms with Crippen LogP contribution in [0.3, 0.4) is 0 Å². The minimum atomic E-state index is -0.175. The zero-order chi connectivity index (χ0) is 12.8. The number of hydrogen-bond donors (Lipinski definition) is 2. The predicted octanol–water partition coefficient (Wildman–Crippen LogP) is 1.81. The number of nitrogens with two attached hydrogens (primary N) is 1. The van der Waals surface area contributed by atoms with Gasteiger partial charge in [0.25, 0.3) is 0 Å². The molecule has 0 bridgehead atoms. The molecular weight excluding hydrogens is 232 g/mol. The molecule has 0 aliphatic rings. The Kier molecular flexibility index (Phi) is 4.92. The highest BCUT2D eigenvalue weighted by molar-refractivity contribution is 8.00. The fraction of sp³-hybridized carbons (Fsp3) is 0.308. The van der Waals surface area contributed by atoms with Crippen LogP contribution in [0.4, 0.5) is 5.69 Å². The molecule has 0 saturated heterocycles. The van der Waals surface area contributed by atoms with Crippen molar-refractivity contribution in [2.45, 2.75) is 24.0 Å². The molecule has 1 amide bonds. The van der Waals surface area contributed by atoms with Crippen molar-refractivity contribution in [1.82, 2.24) is 5.32 Å². The summed E-state index contributed by atoms with van der Waals surface area (Å²) in [5.41, 5.74) is 7.48. The van der Waals surface area contributed by atoms with Crippen LogP contribution < -0.4 is 11.1 Å². The average molecular weight is 248 g/mol. The first kappa shape index (κ1) is 13.5. The maximum absolute atomic E-state index is 11.6. The standard InChI is InChI=1S/C13H16N2OS/c1-4-7-15-13(16)10(3)17-12-6-5-11(14)8-9(12)2/h1,5-6,8,10H,7,14H2,2-3H3,(H,15,16). The molecule has 0 saturated carbocycles. The summed E-state index contributed by atoms with van der Waals surface area (Å²) in [5.74, 6) is 2.33. The average Bonchev–Trinajstić information content (AvgIpc) is 2.29. The third kappa shape index (κ3) is 4.04. The van der Waals surface area contributed by atoms with Gasteiger partial charge >= 0.3 is 0 Å². The molecular formula is C13H16N2OS. The fourth-order valence-corrected chi connectivity index (χ4v) is 2.29. The van der Waals surface area contributed by atoms with E-state index in [1.807, 2.05) is 32.0 Å². The van der Waals surface area contributed by atoms with Gasteiger partial charge in [-0.15, -0.1) is 18.2 Å². The molecule has 4 heteroatoms. The number of nitrogens with one attached hydrogen (secondary N) is 1. The van der Waals surface area contributed by atoms with Gasteiger partial charge in [-0.3, -0.25) is 4.79 Å². The molecule has 3 N–H and O–H groups in total. The number of amides is 1. The minimum Gasteiger partial charge on any atom is -0.399 e. The van der Waals surface area contributed by atoms with Crippen LogP contribution in [-0.2, 0) is 4.79 Å². The molecule has 1 rings (SSSR count). The van der Waals surface area contributed by atoms with Gasteiger partial charge in [0.2, 0.25) is 5.91 Å². The summed E-state index contributed by atoms with van der Waals surface area (Å²) < 4.78 is 0. The maximum atomic E-state index is 11.6. The molecule has 0 heterocycles. The molecule has 0 aliphatic heterocycles. The lowest BCUT2D eigenvalue weighted by Gasteiger charge is -2.12. The summed E-state index contributed by atoms with van der Waals surface area (Å²) in [5, 5.41) is 2.49. The van der Waals surface area contributed by atoms with Crippen molar-refractivity contribution in [2.24, 2.45) is 0 Å². The molecule has 1 aromatic rings. The SMILES string of the molecule is C#CCNC(=O)C(C)Sc1ccc(N)cc1C. The van der Waals surface area contributed by atoms with Gasteiger partial charge in [0.15, 0.2) is 0 Å². The smallest absolute Gasteiger partial charge is 0.233 e. The molecule has 0 aliphatic carbocycles. The van der Waals surface area contributed by atoms with Crippen molar-refractivity contribution in [3.63, 3.8) is 0 Å². The third-order valence-corrected chi connectivity index (χ3v) is 3.52. The minimum absolute atomic E-state index is 0.0517. The van der Waals surface area contributed by atoms with E-state index in [9.17, 15) is 4.79 Å². The van der Waals surface area contributed by atoms with Gasteiger partial charge in [0.05, 0.1) is 11.8 Å². The number of anilines is 1. The summed E-state index contributed by atoms with van der Waals surface area (Å²) in [6, 6.07) is 5.66. The maximum Gasteiger partial charge on any atom is 0.233 e. The molecule has 1 unspecified atom stereocenters. The summed E-state index contributed by atoms with van der Waals surface area (Å²) in [4.78, 5) is 12.7. The normalized spacial score (nSPS) is 11.6. The molecule has 1 atom stereocenters. The first-order valence-corrected chi connectivity index (χ1v) is 6.16. The van der Waals surface area contributed by atoms with Crippen LogP contribution in [0.5, 0.6) is 0 Å². The number of terminal acetylenes is 1. The van der Waals surface area contributed by atoms with Gasteiger partial charge in [-0.2, -0.15) is 0 Å². The van der Waals surface area contributed by atoms with Crippen LogP contribution in [0.15, 0.2) is 23.1 Å². The second-order valence-electron chi connectivity index (χ2n) is 3.71. The summed E-state index contributed by atoms with van der Waals surface area (Å²) in [7, 11) is 0. The van der Waals surface area contributed by atoms with E-state index in [-0.39, 0.29) is 17.7 Å². The van der Waals surface area contributed by atoms with Gasteiger partial charge in [-0.1, -0.05) is 5.92 Å². The quantitative estimate of drug-likeness (QED) is 0.485. The van der Waals surface area contributed by atoms with E-state index < -0.39 is 0 Å². The molecule has 17 heavy (non-hydrogen) atoms. The fourth-order valence-electron chi connectivity index (χ4n) is 1.33. The second kappa shape index (κ2) is 6.21. The predicted molar refractivity (Wildman–Crippen MR) is 72.8 cm³/mol. The Bertz CT molecular complexity index is 451. The first-order valence-electron chi connectivity index (χ1n) is 5.28. The molecule has 90 valence electrons. The van der Waals surface area contributed by atoms with Crippen molar-refractivity contribution in [3.05, 3.63) is 23.8 Å². The Labute approximate surface area is 106 Å². The van der Waals surface area contributed by atoms with Crippen molar-refractivity contribution in [2.75, 3.05) is 12.3 Å². The summed E-state index contributed by atoms with van der Waals surface area (Å²) >= 11 is 1.50. The number of nitrogen functional groups attached to an aromatic ring is 1. The number of thioether (sulfide) groups is 1. The topological polar surface area (TPSA) is 55.1 Å². The van der Waals surface area contributed by atoms with Gasteiger partial charge in [-0.05, 0) is 37.6 Å². The lowest BCUT2D eigenvalue weighted by Crippen LogP contribution is -2.31. The van der Waals surface area contributed by atoms with E-state index in [4.69, 9.17) is 12.2 Å². The highest BCUT2D eigenvalue weighted by Gasteiger charge is 2.14. The number of benzene rings is 1. The zero-order valence-electron chi connectivity index (χ0n) is 9.99. The van der Waals surface area contributed by atoms with Crippen molar-refractivity contribution >= 4 is 23.4 Å². The van der Waals surface area contributed by atoms with E-state index in [0.717, 1.165) is 16.1 Å². The van der Waals surface area contributed by atoms with Crippen molar-refractivity contribution in [3.8, 4) is 12.3 Å².